The molecule has 62 valence electrons. The van der Waals surface area contributed by atoms with Gasteiger partial charge in [-0.1, -0.05) is 0 Å². The third-order valence-electron chi connectivity index (χ3n) is 1.69. The highest BCUT2D eigenvalue weighted by Crippen LogP contribution is 2.03. The van der Waals surface area contributed by atoms with Crippen molar-refractivity contribution in [2.75, 3.05) is 0 Å². The largest absolute Gasteiger partial charge is 0.390 e. The smallest absolute Gasteiger partial charge is 0.255 e. The van der Waals surface area contributed by atoms with Gasteiger partial charge >= 0.3 is 0 Å². The molecule has 0 saturated heterocycles. The van der Waals surface area contributed by atoms with Gasteiger partial charge in [-0.05, 0) is 13.0 Å². The highest BCUT2D eigenvalue weighted by Gasteiger charge is 2.01. The molecule has 5 nitrogen and oxygen atoms in total. The molecule has 5 heteroatoms. The van der Waals surface area contributed by atoms with Gasteiger partial charge in [0.15, 0.2) is 0 Å². The number of fused-ring (bicyclic) bond motifs is 1. The number of hydrogen-bond donors (Lipinski definition) is 1. The van der Waals surface area contributed by atoms with E-state index in [4.69, 9.17) is 5.11 Å². The topological polar surface area (TPSA) is 63.3 Å². The Morgan fingerprint density at radius 1 is 1.58 bits per heavy atom. The highest BCUT2D eigenvalue weighted by molar-refractivity contribution is 5.29. The molecule has 0 unspecified atom stereocenters. The lowest BCUT2D eigenvalue weighted by Gasteiger charge is -1.99. The molecular formula is C7H8N4O. The second-order valence-corrected chi connectivity index (χ2v) is 2.55. The first-order valence-electron chi connectivity index (χ1n) is 3.58. The monoisotopic (exact) mass is 164 g/mol. The average molecular weight is 164 g/mol. The van der Waals surface area contributed by atoms with Crippen molar-refractivity contribution in [1.82, 2.24) is 19.6 Å². The van der Waals surface area contributed by atoms with E-state index in [9.17, 15) is 0 Å². The fraction of sp³-hybridized carbons (Fsp3) is 0.286. The molecule has 2 heterocycles. The zero-order valence-corrected chi connectivity index (χ0v) is 6.60. The standard InChI is InChI=1S/C7H8N4O/c1-5-2-6(3-12)9-7-10-8-4-11(5)7/h2,4,12H,3H2,1H3. The molecule has 0 aromatic carbocycles. The molecule has 0 amide bonds. The predicted molar refractivity (Wildman–Crippen MR) is 41.4 cm³/mol. The van der Waals surface area contributed by atoms with Crippen LogP contribution in [0.3, 0.4) is 0 Å². The van der Waals surface area contributed by atoms with Crippen LogP contribution in [0.4, 0.5) is 0 Å². The minimum Gasteiger partial charge on any atom is -0.390 e. The normalized spacial score (nSPS) is 10.8. The minimum atomic E-state index is -0.0653. The summed E-state index contributed by atoms with van der Waals surface area (Å²) in [6, 6.07) is 1.80. The third kappa shape index (κ3) is 0.947. The number of aryl methyl sites for hydroxylation is 1. The summed E-state index contributed by atoms with van der Waals surface area (Å²) >= 11 is 0. The van der Waals surface area contributed by atoms with Gasteiger partial charge in [-0.3, -0.25) is 4.40 Å². The van der Waals surface area contributed by atoms with Gasteiger partial charge in [0.05, 0.1) is 12.3 Å². The predicted octanol–water partition coefficient (Wildman–Crippen LogP) is -0.0750. The van der Waals surface area contributed by atoms with Crippen LogP contribution < -0.4 is 0 Å². The summed E-state index contributed by atoms with van der Waals surface area (Å²) in [5, 5.41) is 16.3. The summed E-state index contributed by atoms with van der Waals surface area (Å²) < 4.78 is 1.76. The lowest BCUT2D eigenvalue weighted by Crippen LogP contribution is -1.98. The Hall–Kier alpha value is -1.49. The lowest BCUT2D eigenvalue weighted by molar-refractivity contribution is 0.277. The Bertz CT molecular complexity index is 409. The summed E-state index contributed by atoms with van der Waals surface area (Å²) in [5.74, 6) is 0.527. The molecule has 0 bridgehead atoms. The van der Waals surface area contributed by atoms with Crippen molar-refractivity contribution in [3.05, 3.63) is 23.8 Å². The first-order valence-corrected chi connectivity index (χ1v) is 3.58. The SMILES string of the molecule is Cc1cc(CO)nc2nncn12. The van der Waals surface area contributed by atoms with Crippen molar-refractivity contribution in [2.24, 2.45) is 0 Å². The number of nitrogens with zero attached hydrogens (tertiary/aromatic N) is 4. The molecule has 0 aliphatic rings. The van der Waals surface area contributed by atoms with Crippen LogP contribution in [0.25, 0.3) is 5.78 Å². The van der Waals surface area contributed by atoms with Crippen LogP contribution in [-0.2, 0) is 6.61 Å². The molecule has 0 atom stereocenters. The van der Waals surface area contributed by atoms with Gasteiger partial charge in [0.1, 0.15) is 6.33 Å². The molecular weight excluding hydrogens is 156 g/mol. The average Bonchev–Trinajstić information content (AvgIpc) is 2.52. The summed E-state index contributed by atoms with van der Waals surface area (Å²) in [4.78, 5) is 4.05. The highest BCUT2D eigenvalue weighted by atomic mass is 16.3. The van der Waals surface area contributed by atoms with Crippen LogP contribution in [0.5, 0.6) is 0 Å². The van der Waals surface area contributed by atoms with Crippen LogP contribution in [0, 0.1) is 6.92 Å². The Balaban J connectivity index is 2.75. The van der Waals surface area contributed by atoms with E-state index < -0.39 is 0 Å². The summed E-state index contributed by atoms with van der Waals surface area (Å²) in [5.41, 5.74) is 1.59. The lowest BCUT2D eigenvalue weighted by atomic mass is 10.3. The second kappa shape index (κ2) is 2.53. The maximum atomic E-state index is 8.84. The molecule has 0 aliphatic carbocycles. The Morgan fingerprint density at radius 2 is 2.42 bits per heavy atom. The summed E-state index contributed by atoms with van der Waals surface area (Å²) in [6.45, 7) is 1.85. The molecule has 1 N–H and O–H groups in total. The van der Waals surface area contributed by atoms with Gasteiger partial charge in [0, 0.05) is 5.69 Å². The van der Waals surface area contributed by atoms with E-state index in [0.29, 0.717) is 11.5 Å². The van der Waals surface area contributed by atoms with Gasteiger partial charge in [-0.15, -0.1) is 10.2 Å². The molecule has 0 aliphatic heterocycles. The fourth-order valence-electron chi connectivity index (χ4n) is 1.11. The summed E-state index contributed by atoms with van der Waals surface area (Å²) in [6.07, 6.45) is 1.60. The van der Waals surface area contributed by atoms with Crippen molar-refractivity contribution in [3.63, 3.8) is 0 Å². The molecule has 2 aromatic heterocycles. The van der Waals surface area contributed by atoms with E-state index >= 15 is 0 Å². The van der Waals surface area contributed by atoms with Crippen LogP contribution >= 0.6 is 0 Å². The van der Waals surface area contributed by atoms with Crippen molar-refractivity contribution < 1.29 is 5.11 Å². The Kier molecular flexibility index (Phi) is 1.51. The van der Waals surface area contributed by atoms with Crippen molar-refractivity contribution >= 4 is 5.78 Å². The Labute approximate surface area is 68.7 Å². The van der Waals surface area contributed by atoms with E-state index in [-0.39, 0.29) is 6.61 Å². The molecule has 0 saturated carbocycles. The maximum absolute atomic E-state index is 8.84. The molecule has 2 aromatic rings. The first kappa shape index (κ1) is 7.17. The zero-order valence-electron chi connectivity index (χ0n) is 6.60. The van der Waals surface area contributed by atoms with Crippen LogP contribution in [-0.4, -0.2) is 24.7 Å². The number of aromatic nitrogens is 4. The molecule has 0 radical (unpaired) electrons. The van der Waals surface area contributed by atoms with Gasteiger partial charge in [0.2, 0.25) is 0 Å². The van der Waals surface area contributed by atoms with Gasteiger partial charge in [-0.25, -0.2) is 4.98 Å². The van der Waals surface area contributed by atoms with Crippen molar-refractivity contribution in [2.45, 2.75) is 13.5 Å². The molecule has 12 heavy (non-hydrogen) atoms. The van der Waals surface area contributed by atoms with E-state index in [0.717, 1.165) is 5.69 Å². The summed E-state index contributed by atoms with van der Waals surface area (Å²) in [7, 11) is 0. The van der Waals surface area contributed by atoms with E-state index in [1.165, 1.54) is 0 Å². The fourth-order valence-corrected chi connectivity index (χ4v) is 1.11. The Morgan fingerprint density at radius 3 is 3.17 bits per heavy atom. The first-order chi connectivity index (χ1) is 5.81. The van der Waals surface area contributed by atoms with E-state index in [1.807, 2.05) is 6.92 Å². The van der Waals surface area contributed by atoms with Gasteiger partial charge in [0.25, 0.3) is 5.78 Å². The maximum Gasteiger partial charge on any atom is 0.255 e. The van der Waals surface area contributed by atoms with Gasteiger partial charge < -0.3 is 5.11 Å². The van der Waals surface area contributed by atoms with Crippen molar-refractivity contribution in [3.8, 4) is 0 Å². The van der Waals surface area contributed by atoms with Crippen molar-refractivity contribution in [1.29, 1.82) is 0 Å². The minimum absolute atomic E-state index is 0.0653. The van der Waals surface area contributed by atoms with Gasteiger partial charge in [-0.2, -0.15) is 0 Å². The molecule has 0 spiro atoms. The van der Waals surface area contributed by atoms with Crippen LogP contribution in [0.1, 0.15) is 11.4 Å². The van der Waals surface area contributed by atoms with Crippen LogP contribution in [0.2, 0.25) is 0 Å². The third-order valence-corrected chi connectivity index (χ3v) is 1.69. The number of rotatable bonds is 1. The van der Waals surface area contributed by atoms with E-state index in [1.54, 1.807) is 16.8 Å². The second-order valence-electron chi connectivity index (χ2n) is 2.55. The number of aliphatic hydroxyl groups is 1. The van der Waals surface area contributed by atoms with E-state index in [2.05, 4.69) is 15.2 Å². The molecule has 2 rings (SSSR count). The number of aliphatic hydroxyl groups excluding tert-OH is 1. The molecule has 0 fully saturated rings. The number of hydrogen-bond acceptors (Lipinski definition) is 4. The zero-order chi connectivity index (χ0) is 8.55. The van der Waals surface area contributed by atoms with Crippen LogP contribution in [0.15, 0.2) is 12.4 Å². The quantitative estimate of drug-likeness (QED) is 0.640.